The lowest BCUT2D eigenvalue weighted by molar-refractivity contribution is -0.139. The predicted octanol–water partition coefficient (Wildman–Crippen LogP) is 5.56. The number of carbonyl (C=O) groups is 2. The van der Waals surface area contributed by atoms with E-state index in [4.69, 9.17) is 23.2 Å². The van der Waals surface area contributed by atoms with E-state index < -0.39 is 28.5 Å². The molecule has 0 aliphatic carbocycles. The van der Waals surface area contributed by atoms with Gasteiger partial charge in [-0.1, -0.05) is 78.7 Å². The van der Waals surface area contributed by atoms with Crippen molar-refractivity contribution in [1.82, 2.24) is 10.2 Å². The Morgan fingerprint density at radius 3 is 2.08 bits per heavy atom. The van der Waals surface area contributed by atoms with Crippen molar-refractivity contribution >= 4 is 50.7 Å². The topological polar surface area (TPSA) is 86.8 Å². The Kier molecular flexibility index (Phi) is 10.8. The quantitative estimate of drug-likeness (QED) is 0.299. The summed E-state index contributed by atoms with van der Waals surface area (Å²) in [4.78, 5) is 28.6. The largest absolute Gasteiger partial charge is 0.352 e. The minimum Gasteiger partial charge on any atom is -0.352 e. The highest BCUT2D eigenvalue weighted by Gasteiger charge is 2.33. The third-order valence-corrected chi connectivity index (χ3v) is 8.63. The number of amides is 2. The molecule has 3 aromatic rings. The molecule has 39 heavy (non-hydrogen) atoms. The molecular weight excluding hydrogens is 557 g/mol. The number of carbonyl (C=O) groups excluding carboxylic acids is 2. The van der Waals surface area contributed by atoms with Crippen molar-refractivity contribution < 1.29 is 18.0 Å². The molecule has 0 heterocycles. The van der Waals surface area contributed by atoms with Gasteiger partial charge >= 0.3 is 0 Å². The molecule has 0 spiro atoms. The molecule has 208 valence electrons. The van der Waals surface area contributed by atoms with Crippen molar-refractivity contribution in [3.8, 4) is 0 Å². The number of benzene rings is 3. The second-order valence-electron chi connectivity index (χ2n) is 9.33. The molecule has 0 saturated carbocycles. The van der Waals surface area contributed by atoms with Crippen LogP contribution in [0.25, 0.3) is 0 Å². The van der Waals surface area contributed by atoms with Crippen LogP contribution >= 0.6 is 23.2 Å². The molecule has 0 fully saturated rings. The van der Waals surface area contributed by atoms with Crippen molar-refractivity contribution in [3.63, 3.8) is 0 Å². The van der Waals surface area contributed by atoms with E-state index in [2.05, 4.69) is 5.32 Å². The summed E-state index contributed by atoms with van der Waals surface area (Å²) in [5.41, 5.74) is 1.18. The summed E-state index contributed by atoms with van der Waals surface area (Å²) >= 11 is 12.3. The van der Waals surface area contributed by atoms with Gasteiger partial charge in [0, 0.05) is 12.6 Å². The maximum atomic E-state index is 13.9. The van der Waals surface area contributed by atoms with E-state index in [-0.39, 0.29) is 39.1 Å². The Morgan fingerprint density at radius 1 is 0.897 bits per heavy atom. The minimum atomic E-state index is -4.17. The minimum absolute atomic E-state index is 0.0179. The van der Waals surface area contributed by atoms with Gasteiger partial charge < -0.3 is 10.2 Å². The zero-order valence-electron chi connectivity index (χ0n) is 22.2. The third-order valence-electron chi connectivity index (χ3n) is 6.10. The van der Waals surface area contributed by atoms with Gasteiger partial charge in [0.2, 0.25) is 11.8 Å². The van der Waals surface area contributed by atoms with Gasteiger partial charge in [0.1, 0.15) is 12.6 Å². The first-order valence-electron chi connectivity index (χ1n) is 12.7. The fourth-order valence-corrected chi connectivity index (χ4v) is 5.88. The van der Waals surface area contributed by atoms with Gasteiger partial charge in [-0.05, 0) is 62.6 Å². The smallest absolute Gasteiger partial charge is 0.264 e. The van der Waals surface area contributed by atoms with Gasteiger partial charge in [0.15, 0.2) is 0 Å². The highest BCUT2D eigenvalue weighted by atomic mass is 35.5. The van der Waals surface area contributed by atoms with Gasteiger partial charge in [-0.25, -0.2) is 8.42 Å². The second kappa shape index (κ2) is 13.8. The number of sulfonamides is 1. The summed E-state index contributed by atoms with van der Waals surface area (Å²) in [5, 5.41) is 3.29. The predicted molar refractivity (Wildman–Crippen MR) is 157 cm³/mol. The first-order valence-corrected chi connectivity index (χ1v) is 14.9. The highest BCUT2D eigenvalue weighted by molar-refractivity contribution is 7.92. The van der Waals surface area contributed by atoms with Crippen LogP contribution in [0.4, 0.5) is 5.69 Å². The van der Waals surface area contributed by atoms with E-state index in [0.717, 1.165) is 9.87 Å². The van der Waals surface area contributed by atoms with Crippen LogP contribution in [0.3, 0.4) is 0 Å². The number of anilines is 1. The third kappa shape index (κ3) is 7.97. The first-order chi connectivity index (χ1) is 18.5. The lowest BCUT2D eigenvalue weighted by Crippen LogP contribution is -2.54. The lowest BCUT2D eigenvalue weighted by atomic mass is 10.1. The molecule has 0 saturated heterocycles. The summed E-state index contributed by atoms with van der Waals surface area (Å²) in [6, 6.07) is 20.9. The van der Waals surface area contributed by atoms with E-state index in [1.54, 1.807) is 18.2 Å². The average molecular weight is 591 g/mol. The molecule has 3 aromatic carbocycles. The van der Waals surface area contributed by atoms with Crippen LogP contribution in [0.2, 0.25) is 10.0 Å². The van der Waals surface area contributed by atoms with Crippen LogP contribution in [-0.2, 0) is 26.0 Å². The molecule has 0 aromatic heterocycles. The fourth-order valence-electron chi connectivity index (χ4n) is 4.17. The Morgan fingerprint density at radius 2 is 1.51 bits per heavy atom. The molecule has 0 bridgehead atoms. The normalized spacial score (nSPS) is 12.2. The number of hydrogen-bond acceptors (Lipinski definition) is 4. The number of rotatable bonds is 12. The molecular formula is C29H33Cl2N3O4S. The van der Waals surface area contributed by atoms with E-state index in [0.29, 0.717) is 12.8 Å². The fraction of sp³-hybridized carbons (Fsp3) is 0.310. The molecule has 0 aliphatic rings. The van der Waals surface area contributed by atoms with E-state index in [1.807, 2.05) is 51.1 Å². The molecule has 0 radical (unpaired) electrons. The van der Waals surface area contributed by atoms with E-state index in [1.165, 1.54) is 35.2 Å². The van der Waals surface area contributed by atoms with E-state index >= 15 is 0 Å². The first kappa shape index (κ1) is 30.5. The molecule has 1 N–H and O–H groups in total. The average Bonchev–Trinajstić information content (AvgIpc) is 2.91. The standard InChI is InChI=1S/C29H33Cl2N3O4S/c1-4-27(29(36)32-21(2)3)33(18-17-22-11-7-5-8-12-22)28(35)20-34(23-15-16-25(30)26(31)19-23)39(37,38)24-13-9-6-10-14-24/h5-16,19,21,27H,4,17-18,20H2,1-3H3,(H,32,36)/t27-/m0/s1. The monoisotopic (exact) mass is 589 g/mol. The second-order valence-corrected chi connectivity index (χ2v) is 12.0. The summed E-state index contributed by atoms with van der Waals surface area (Å²) < 4.78 is 28.6. The lowest BCUT2D eigenvalue weighted by Gasteiger charge is -2.33. The number of nitrogens with one attached hydrogen (secondary N) is 1. The van der Waals surface area contributed by atoms with Gasteiger partial charge in [0.05, 0.1) is 20.6 Å². The van der Waals surface area contributed by atoms with Gasteiger partial charge in [0.25, 0.3) is 10.0 Å². The van der Waals surface area contributed by atoms with Crippen LogP contribution in [-0.4, -0.2) is 50.3 Å². The molecule has 0 aliphatic heterocycles. The SMILES string of the molecule is CC[C@@H](C(=O)NC(C)C)N(CCc1ccccc1)C(=O)CN(c1ccc(Cl)c(Cl)c1)S(=O)(=O)c1ccccc1. The maximum absolute atomic E-state index is 13.9. The summed E-state index contributed by atoms with van der Waals surface area (Å²) in [7, 11) is -4.17. The Bertz CT molecular complexity index is 1370. The zero-order chi connectivity index (χ0) is 28.6. The van der Waals surface area contributed by atoms with Crippen molar-refractivity contribution in [1.29, 1.82) is 0 Å². The van der Waals surface area contributed by atoms with Gasteiger partial charge in [-0.2, -0.15) is 0 Å². The molecule has 2 amide bonds. The van der Waals surface area contributed by atoms with Crippen LogP contribution in [0.1, 0.15) is 32.8 Å². The summed E-state index contributed by atoms with van der Waals surface area (Å²) in [6.07, 6.45) is 0.855. The van der Waals surface area contributed by atoms with Gasteiger partial charge in [-0.3, -0.25) is 13.9 Å². The van der Waals surface area contributed by atoms with Crippen molar-refractivity contribution in [2.75, 3.05) is 17.4 Å². The molecule has 10 heteroatoms. The van der Waals surface area contributed by atoms with E-state index in [9.17, 15) is 18.0 Å². The van der Waals surface area contributed by atoms with Crippen LogP contribution in [0, 0.1) is 0 Å². The Balaban J connectivity index is 2.02. The zero-order valence-corrected chi connectivity index (χ0v) is 24.5. The summed E-state index contributed by atoms with van der Waals surface area (Å²) in [6.45, 7) is 5.21. The van der Waals surface area contributed by atoms with Crippen molar-refractivity contribution in [3.05, 3.63) is 94.5 Å². The number of hydrogen-bond donors (Lipinski definition) is 1. The van der Waals surface area contributed by atoms with Crippen molar-refractivity contribution in [2.45, 2.75) is 50.6 Å². The molecule has 1 atom stereocenters. The molecule has 0 unspecified atom stereocenters. The number of nitrogens with zero attached hydrogens (tertiary/aromatic N) is 2. The maximum Gasteiger partial charge on any atom is 0.264 e. The Hall–Kier alpha value is -3.07. The van der Waals surface area contributed by atoms with Crippen LogP contribution in [0.5, 0.6) is 0 Å². The van der Waals surface area contributed by atoms with Crippen molar-refractivity contribution in [2.24, 2.45) is 0 Å². The summed E-state index contributed by atoms with van der Waals surface area (Å²) in [5.74, 6) is -0.803. The highest BCUT2D eigenvalue weighted by Crippen LogP contribution is 2.30. The number of halogens is 2. The van der Waals surface area contributed by atoms with Gasteiger partial charge in [-0.15, -0.1) is 0 Å². The molecule has 3 rings (SSSR count). The Labute approximate surface area is 240 Å². The van der Waals surface area contributed by atoms with Crippen LogP contribution in [0.15, 0.2) is 83.8 Å². The van der Waals surface area contributed by atoms with Crippen LogP contribution < -0.4 is 9.62 Å². The molecule has 7 nitrogen and oxygen atoms in total.